The molecule has 126 valence electrons. The van der Waals surface area contributed by atoms with Crippen molar-refractivity contribution in [2.45, 2.75) is 26.1 Å². The number of aliphatic hydroxyl groups excluding tert-OH is 1. The van der Waals surface area contributed by atoms with Crippen molar-refractivity contribution in [3.63, 3.8) is 0 Å². The number of benzene rings is 1. The molecule has 6 heteroatoms. The second-order valence-electron chi connectivity index (χ2n) is 5.80. The van der Waals surface area contributed by atoms with Gasteiger partial charge in [0.2, 0.25) is 0 Å². The van der Waals surface area contributed by atoms with Crippen LogP contribution >= 0.6 is 11.6 Å². The first-order chi connectivity index (χ1) is 11.0. The van der Waals surface area contributed by atoms with E-state index in [4.69, 9.17) is 16.3 Å². The molecule has 0 aliphatic rings. The Kier molecular flexibility index (Phi) is 6.59. The van der Waals surface area contributed by atoms with Crippen molar-refractivity contribution < 1.29 is 9.84 Å². The van der Waals surface area contributed by atoms with E-state index in [2.05, 4.69) is 17.2 Å². The molecule has 0 fully saturated rings. The third kappa shape index (κ3) is 5.04. The van der Waals surface area contributed by atoms with Crippen molar-refractivity contribution in [1.82, 2.24) is 14.7 Å². The van der Waals surface area contributed by atoms with Crippen LogP contribution in [-0.2, 0) is 17.8 Å². The molecule has 0 spiro atoms. The van der Waals surface area contributed by atoms with Crippen LogP contribution in [-0.4, -0.2) is 53.2 Å². The lowest BCUT2D eigenvalue weighted by molar-refractivity contribution is 0.0418. The van der Waals surface area contributed by atoms with Crippen molar-refractivity contribution in [2.75, 3.05) is 27.3 Å². The smallest absolute Gasteiger partial charge is 0.132 e. The number of aromatic nitrogens is 2. The molecule has 1 heterocycles. The minimum atomic E-state index is -0.511. The fourth-order valence-electron chi connectivity index (χ4n) is 2.57. The predicted molar refractivity (Wildman–Crippen MR) is 91.7 cm³/mol. The van der Waals surface area contributed by atoms with Gasteiger partial charge in [-0.3, -0.25) is 4.90 Å². The Morgan fingerprint density at radius 1 is 1.35 bits per heavy atom. The minimum absolute atomic E-state index is 0.324. The SMILES string of the molecule is COCC(O)CN(C)Cc1c(C)nn(Cc2ccccc2)c1Cl. The largest absolute Gasteiger partial charge is 0.389 e. The number of hydrogen-bond acceptors (Lipinski definition) is 4. The Bertz CT molecular complexity index is 616. The van der Waals surface area contributed by atoms with Gasteiger partial charge in [0.15, 0.2) is 0 Å². The number of likely N-dealkylation sites (N-methyl/N-ethyl adjacent to an activating group) is 1. The van der Waals surface area contributed by atoms with Gasteiger partial charge in [-0.1, -0.05) is 41.9 Å². The third-order valence-electron chi connectivity index (χ3n) is 3.67. The third-order valence-corrected chi connectivity index (χ3v) is 4.09. The maximum absolute atomic E-state index is 9.82. The highest BCUT2D eigenvalue weighted by Crippen LogP contribution is 2.22. The van der Waals surface area contributed by atoms with Crippen LogP contribution in [0.25, 0.3) is 0 Å². The summed E-state index contributed by atoms with van der Waals surface area (Å²) in [6.07, 6.45) is -0.511. The van der Waals surface area contributed by atoms with Gasteiger partial charge in [-0.25, -0.2) is 4.68 Å². The zero-order valence-electron chi connectivity index (χ0n) is 13.9. The molecule has 1 N–H and O–H groups in total. The first kappa shape index (κ1) is 17.9. The Morgan fingerprint density at radius 2 is 2.04 bits per heavy atom. The normalized spacial score (nSPS) is 12.8. The van der Waals surface area contributed by atoms with Crippen LogP contribution in [0.4, 0.5) is 0 Å². The van der Waals surface area contributed by atoms with E-state index in [1.54, 1.807) is 7.11 Å². The summed E-state index contributed by atoms with van der Waals surface area (Å²) in [5.74, 6) is 0. The molecule has 1 atom stereocenters. The van der Waals surface area contributed by atoms with E-state index >= 15 is 0 Å². The van der Waals surface area contributed by atoms with Crippen molar-refractivity contribution in [1.29, 1.82) is 0 Å². The standard InChI is InChI=1S/C17H24ClN3O2/c1-13-16(11-20(2)10-15(22)12-23-3)17(18)21(19-13)9-14-7-5-4-6-8-14/h4-8,15,22H,9-12H2,1-3H3. The molecule has 1 unspecified atom stereocenters. The van der Waals surface area contributed by atoms with Crippen molar-refractivity contribution in [3.8, 4) is 0 Å². The Hall–Kier alpha value is -1.40. The number of nitrogens with zero attached hydrogens (tertiary/aromatic N) is 3. The Morgan fingerprint density at radius 3 is 2.70 bits per heavy atom. The average Bonchev–Trinajstić information content (AvgIpc) is 2.76. The fourth-order valence-corrected chi connectivity index (χ4v) is 2.86. The molecule has 2 rings (SSSR count). The molecule has 2 aromatic rings. The van der Waals surface area contributed by atoms with Gasteiger partial charge in [-0.2, -0.15) is 5.10 Å². The monoisotopic (exact) mass is 337 g/mol. The van der Waals surface area contributed by atoms with Gasteiger partial charge in [-0.15, -0.1) is 0 Å². The second-order valence-corrected chi connectivity index (χ2v) is 6.16. The lowest BCUT2D eigenvalue weighted by atomic mass is 10.2. The summed E-state index contributed by atoms with van der Waals surface area (Å²) in [7, 11) is 3.53. The molecule has 0 aliphatic heterocycles. The van der Waals surface area contributed by atoms with E-state index in [1.165, 1.54) is 0 Å². The van der Waals surface area contributed by atoms with Crippen LogP contribution in [0, 0.1) is 6.92 Å². The van der Waals surface area contributed by atoms with Gasteiger partial charge in [0.05, 0.1) is 24.9 Å². The lowest BCUT2D eigenvalue weighted by Gasteiger charge is -2.20. The molecular formula is C17H24ClN3O2. The zero-order chi connectivity index (χ0) is 16.8. The summed E-state index contributed by atoms with van der Waals surface area (Å²) in [6, 6.07) is 10.1. The van der Waals surface area contributed by atoms with E-state index in [0.29, 0.717) is 31.4 Å². The first-order valence-electron chi connectivity index (χ1n) is 7.62. The van der Waals surface area contributed by atoms with E-state index in [-0.39, 0.29) is 0 Å². The topological polar surface area (TPSA) is 50.5 Å². The van der Waals surface area contributed by atoms with Crippen LogP contribution in [0.1, 0.15) is 16.8 Å². The average molecular weight is 338 g/mol. The minimum Gasteiger partial charge on any atom is -0.389 e. The molecule has 0 bridgehead atoms. The highest BCUT2D eigenvalue weighted by Gasteiger charge is 2.16. The number of ether oxygens (including phenoxy) is 1. The summed E-state index contributed by atoms with van der Waals surface area (Å²) < 4.78 is 6.77. The van der Waals surface area contributed by atoms with Crippen LogP contribution in [0.2, 0.25) is 5.15 Å². The first-order valence-corrected chi connectivity index (χ1v) is 8.00. The zero-order valence-corrected chi connectivity index (χ0v) is 14.6. The number of aliphatic hydroxyl groups is 1. The molecule has 1 aromatic carbocycles. The maximum Gasteiger partial charge on any atom is 0.132 e. The molecule has 5 nitrogen and oxygen atoms in total. The Balaban J connectivity index is 2.05. The van der Waals surface area contributed by atoms with Crippen molar-refractivity contribution >= 4 is 11.6 Å². The van der Waals surface area contributed by atoms with Crippen LogP contribution < -0.4 is 0 Å². The quantitative estimate of drug-likeness (QED) is 0.803. The molecule has 0 amide bonds. The van der Waals surface area contributed by atoms with E-state index < -0.39 is 6.10 Å². The number of methoxy groups -OCH3 is 1. The van der Waals surface area contributed by atoms with Crippen LogP contribution in [0.5, 0.6) is 0 Å². The molecule has 1 aromatic heterocycles. The summed E-state index contributed by atoms with van der Waals surface area (Å²) in [4.78, 5) is 2.02. The Labute approximate surface area is 142 Å². The van der Waals surface area contributed by atoms with Crippen molar-refractivity contribution in [3.05, 3.63) is 52.3 Å². The van der Waals surface area contributed by atoms with Gasteiger partial charge < -0.3 is 9.84 Å². The van der Waals surface area contributed by atoms with Gasteiger partial charge in [0.25, 0.3) is 0 Å². The molecule has 0 aliphatic carbocycles. The summed E-state index contributed by atoms with van der Waals surface area (Å²) in [5.41, 5.74) is 3.07. The fraction of sp³-hybridized carbons (Fsp3) is 0.471. The molecule has 0 saturated heterocycles. The van der Waals surface area contributed by atoms with Crippen molar-refractivity contribution in [2.24, 2.45) is 0 Å². The number of halogens is 1. The van der Waals surface area contributed by atoms with Gasteiger partial charge in [0.1, 0.15) is 5.15 Å². The number of hydrogen-bond donors (Lipinski definition) is 1. The lowest BCUT2D eigenvalue weighted by Crippen LogP contribution is -2.31. The predicted octanol–water partition coefficient (Wildman–Crippen LogP) is 2.33. The van der Waals surface area contributed by atoms with E-state index in [9.17, 15) is 5.11 Å². The summed E-state index contributed by atoms with van der Waals surface area (Å²) in [5, 5.41) is 15.0. The second kappa shape index (κ2) is 8.45. The molecule has 23 heavy (non-hydrogen) atoms. The molecule has 0 radical (unpaired) electrons. The molecule has 0 saturated carbocycles. The van der Waals surface area contributed by atoms with E-state index in [0.717, 1.165) is 16.8 Å². The summed E-state index contributed by atoms with van der Waals surface area (Å²) in [6.45, 7) is 4.09. The van der Waals surface area contributed by atoms with Gasteiger partial charge in [0, 0.05) is 25.8 Å². The highest BCUT2D eigenvalue weighted by molar-refractivity contribution is 6.30. The maximum atomic E-state index is 9.82. The van der Waals surface area contributed by atoms with Crippen LogP contribution in [0.3, 0.4) is 0 Å². The highest BCUT2D eigenvalue weighted by atomic mass is 35.5. The van der Waals surface area contributed by atoms with Crippen LogP contribution in [0.15, 0.2) is 30.3 Å². The van der Waals surface area contributed by atoms with Gasteiger partial charge >= 0.3 is 0 Å². The molecular weight excluding hydrogens is 314 g/mol. The van der Waals surface area contributed by atoms with Gasteiger partial charge in [-0.05, 0) is 19.5 Å². The van der Waals surface area contributed by atoms with E-state index in [1.807, 2.05) is 41.8 Å². The number of rotatable bonds is 8. The number of aryl methyl sites for hydroxylation is 1. The summed E-state index contributed by atoms with van der Waals surface area (Å²) >= 11 is 6.51.